The third-order valence-corrected chi connectivity index (χ3v) is 2.44. The minimum Gasteiger partial charge on any atom is -0.394 e. The molecule has 0 spiro atoms. The topological polar surface area (TPSA) is 99.4 Å². The van der Waals surface area contributed by atoms with Crippen molar-refractivity contribution in [1.82, 2.24) is 0 Å². The van der Waals surface area contributed by atoms with Crippen molar-refractivity contribution in [3.05, 3.63) is 12.2 Å². The zero-order valence-corrected chi connectivity index (χ0v) is 9.06. The third kappa shape index (κ3) is 3.00. The summed E-state index contributed by atoms with van der Waals surface area (Å²) < 4.78 is 10.3. The summed E-state index contributed by atoms with van der Waals surface area (Å²) in [6.45, 7) is 1.59. The number of rotatable bonds is 4. The van der Waals surface area contributed by atoms with Crippen molar-refractivity contribution in [2.75, 3.05) is 13.2 Å². The minimum absolute atomic E-state index is 0.221. The molecular formula is C10H18O6. The first-order chi connectivity index (χ1) is 7.61. The molecule has 1 aliphatic heterocycles. The van der Waals surface area contributed by atoms with E-state index in [1.165, 1.54) is 0 Å². The van der Waals surface area contributed by atoms with Crippen LogP contribution >= 0.6 is 0 Å². The van der Waals surface area contributed by atoms with E-state index in [-0.39, 0.29) is 6.61 Å². The zero-order chi connectivity index (χ0) is 12.1. The SMILES string of the molecule is C/C=C/CO[C@H]1O[C@H](CO)[C@@H](O)[C@H](O)[C@H]1O. The van der Waals surface area contributed by atoms with Crippen molar-refractivity contribution in [1.29, 1.82) is 0 Å². The molecule has 0 aliphatic carbocycles. The van der Waals surface area contributed by atoms with Gasteiger partial charge in [0.15, 0.2) is 6.29 Å². The first-order valence-electron chi connectivity index (χ1n) is 5.15. The van der Waals surface area contributed by atoms with E-state index < -0.39 is 37.3 Å². The van der Waals surface area contributed by atoms with E-state index >= 15 is 0 Å². The Morgan fingerprint density at radius 3 is 2.44 bits per heavy atom. The number of hydrogen-bond donors (Lipinski definition) is 4. The van der Waals surface area contributed by atoms with Gasteiger partial charge in [-0.3, -0.25) is 0 Å². The van der Waals surface area contributed by atoms with Gasteiger partial charge in [0.1, 0.15) is 24.4 Å². The van der Waals surface area contributed by atoms with Gasteiger partial charge in [0.25, 0.3) is 0 Å². The maximum Gasteiger partial charge on any atom is 0.187 e. The van der Waals surface area contributed by atoms with Crippen molar-refractivity contribution in [3.63, 3.8) is 0 Å². The van der Waals surface area contributed by atoms with Gasteiger partial charge in [-0.1, -0.05) is 12.2 Å². The Kier molecular flexibility index (Phi) is 5.33. The lowest BCUT2D eigenvalue weighted by molar-refractivity contribution is -0.298. The standard InChI is InChI=1S/C10H18O6/c1-2-3-4-15-10-9(14)8(13)7(12)6(5-11)16-10/h2-3,6-14H,4-5H2,1H3/b3-2+/t6-,7-,8+,9-,10+/m1/s1. The van der Waals surface area contributed by atoms with E-state index in [9.17, 15) is 15.3 Å². The summed E-state index contributed by atoms with van der Waals surface area (Å²) in [5.74, 6) is 0. The normalized spacial score (nSPS) is 40.4. The molecule has 1 fully saturated rings. The van der Waals surface area contributed by atoms with Gasteiger partial charge in [-0.15, -0.1) is 0 Å². The summed E-state index contributed by atoms with van der Waals surface area (Å²) in [6, 6.07) is 0. The van der Waals surface area contributed by atoms with Gasteiger partial charge in [-0.2, -0.15) is 0 Å². The van der Waals surface area contributed by atoms with Crippen LogP contribution in [-0.4, -0.2) is 64.3 Å². The number of ether oxygens (including phenoxy) is 2. The Balaban J connectivity index is 2.56. The highest BCUT2D eigenvalue weighted by Gasteiger charge is 2.43. The van der Waals surface area contributed by atoms with Crippen LogP contribution in [-0.2, 0) is 9.47 Å². The molecule has 16 heavy (non-hydrogen) atoms. The fourth-order valence-electron chi connectivity index (χ4n) is 1.45. The molecule has 0 saturated carbocycles. The van der Waals surface area contributed by atoms with Crippen molar-refractivity contribution < 1.29 is 29.9 Å². The Bertz CT molecular complexity index is 229. The molecule has 5 atom stereocenters. The average molecular weight is 234 g/mol. The summed E-state index contributed by atoms with van der Waals surface area (Å²) in [5, 5.41) is 37.4. The lowest BCUT2D eigenvalue weighted by Crippen LogP contribution is -2.59. The van der Waals surface area contributed by atoms with Gasteiger partial charge in [0.2, 0.25) is 0 Å². The van der Waals surface area contributed by atoms with Crippen LogP contribution in [0.25, 0.3) is 0 Å². The first-order valence-corrected chi connectivity index (χ1v) is 5.15. The van der Waals surface area contributed by atoms with Crippen molar-refractivity contribution in [2.45, 2.75) is 37.6 Å². The second kappa shape index (κ2) is 6.29. The summed E-state index contributed by atoms with van der Waals surface area (Å²) in [7, 11) is 0. The van der Waals surface area contributed by atoms with E-state index in [0.717, 1.165) is 0 Å². The first kappa shape index (κ1) is 13.6. The molecule has 0 aromatic rings. The molecule has 1 aliphatic rings. The average Bonchev–Trinajstić information content (AvgIpc) is 2.29. The molecule has 0 unspecified atom stereocenters. The monoisotopic (exact) mass is 234 g/mol. The molecule has 1 rings (SSSR count). The molecule has 4 N–H and O–H groups in total. The van der Waals surface area contributed by atoms with Gasteiger partial charge in [-0.05, 0) is 6.92 Å². The molecule has 94 valence electrons. The van der Waals surface area contributed by atoms with Crippen LogP contribution in [0.15, 0.2) is 12.2 Å². The summed E-state index contributed by atoms with van der Waals surface area (Å²) in [6.07, 6.45) is -2.56. The molecule has 6 nitrogen and oxygen atoms in total. The van der Waals surface area contributed by atoms with Gasteiger partial charge in [0, 0.05) is 0 Å². The van der Waals surface area contributed by atoms with Crippen molar-refractivity contribution in [2.24, 2.45) is 0 Å². The smallest absolute Gasteiger partial charge is 0.187 e. The van der Waals surface area contributed by atoms with Crippen LogP contribution in [0, 0.1) is 0 Å². The Labute approximate surface area is 93.7 Å². The lowest BCUT2D eigenvalue weighted by atomic mass is 9.99. The van der Waals surface area contributed by atoms with Gasteiger partial charge < -0.3 is 29.9 Å². The third-order valence-electron chi connectivity index (χ3n) is 2.44. The van der Waals surface area contributed by atoms with Crippen LogP contribution < -0.4 is 0 Å². The molecule has 0 aromatic carbocycles. The van der Waals surface area contributed by atoms with Crippen molar-refractivity contribution in [3.8, 4) is 0 Å². The Morgan fingerprint density at radius 2 is 1.88 bits per heavy atom. The highest BCUT2D eigenvalue weighted by Crippen LogP contribution is 2.21. The molecule has 1 saturated heterocycles. The maximum atomic E-state index is 9.55. The van der Waals surface area contributed by atoms with Gasteiger partial charge in [0.05, 0.1) is 13.2 Å². The zero-order valence-electron chi connectivity index (χ0n) is 9.06. The molecule has 6 heteroatoms. The van der Waals surface area contributed by atoms with Crippen LogP contribution in [0.5, 0.6) is 0 Å². The number of hydrogen-bond acceptors (Lipinski definition) is 6. The highest BCUT2D eigenvalue weighted by atomic mass is 16.7. The molecule has 0 bridgehead atoms. The molecular weight excluding hydrogens is 216 g/mol. The highest BCUT2D eigenvalue weighted by molar-refractivity contribution is 4.89. The molecule has 0 radical (unpaired) electrons. The molecule has 1 heterocycles. The summed E-state index contributed by atoms with van der Waals surface area (Å²) in [4.78, 5) is 0. The number of allylic oxidation sites excluding steroid dienone is 1. The van der Waals surface area contributed by atoms with Gasteiger partial charge in [-0.25, -0.2) is 0 Å². The Morgan fingerprint density at radius 1 is 1.19 bits per heavy atom. The predicted octanol–water partition coefficient (Wildman–Crippen LogP) is -1.62. The lowest BCUT2D eigenvalue weighted by Gasteiger charge is -2.39. The van der Waals surface area contributed by atoms with Gasteiger partial charge >= 0.3 is 0 Å². The van der Waals surface area contributed by atoms with Crippen LogP contribution in [0.3, 0.4) is 0 Å². The van der Waals surface area contributed by atoms with Crippen molar-refractivity contribution >= 4 is 0 Å². The summed E-state index contributed by atoms with van der Waals surface area (Å²) >= 11 is 0. The van der Waals surface area contributed by atoms with E-state index in [4.69, 9.17) is 14.6 Å². The minimum atomic E-state index is -1.39. The summed E-state index contributed by atoms with van der Waals surface area (Å²) in [5.41, 5.74) is 0. The van der Waals surface area contributed by atoms with Crippen LogP contribution in [0.2, 0.25) is 0 Å². The van der Waals surface area contributed by atoms with Crippen LogP contribution in [0.1, 0.15) is 6.92 Å². The van der Waals surface area contributed by atoms with E-state index in [1.807, 2.05) is 6.92 Å². The fourth-order valence-corrected chi connectivity index (χ4v) is 1.45. The largest absolute Gasteiger partial charge is 0.394 e. The molecule has 0 aromatic heterocycles. The second-order valence-corrected chi connectivity index (χ2v) is 3.60. The molecule has 0 amide bonds. The van der Waals surface area contributed by atoms with E-state index in [2.05, 4.69) is 0 Å². The van der Waals surface area contributed by atoms with E-state index in [0.29, 0.717) is 0 Å². The number of aliphatic hydroxyl groups excluding tert-OH is 4. The number of aliphatic hydroxyl groups is 4. The Hall–Kier alpha value is -0.500. The fraction of sp³-hybridized carbons (Fsp3) is 0.800. The quantitative estimate of drug-likeness (QED) is 0.436. The van der Waals surface area contributed by atoms with Crippen LogP contribution in [0.4, 0.5) is 0 Å². The van der Waals surface area contributed by atoms with E-state index in [1.54, 1.807) is 12.2 Å². The predicted molar refractivity (Wildman–Crippen MR) is 54.5 cm³/mol. The maximum absolute atomic E-state index is 9.55. The second-order valence-electron chi connectivity index (χ2n) is 3.60.